The Balaban J connectivity index is 1.41. The zero-order valence-electron chi connectivity index (χ0n) is 15.1. The van der Waals surface area contributed by atoms with Crippen molar-refractivity contribution in [3.63, 3.8) is 0 Å². The maximum absolute atomic E-state index is 2.74. The molecule has 130 valence electrons. The fourth-order valence-electron chi connectivity index (χ4n) is 7.95. The molecular weight excluding hydrogens is 316 g/mol. The Labute approximate surface area is 151 Å². The smallest absolute Gasteiger partial charge is 0.0614 e. The van der Waals surface area contributed by atoms with Crippen LogP contribution in [0.15, 0.2) is 0 Å². The fraction of sp³-hybridized carbons (Fsp3) is 1.00. The summed E-state index contributed by atoms with van der Waals surface area (Å²) >= 11 is 4.65. The first-order chi connectivity index (χ1) is 11.0. The molecule has 6 atom stereocenters. The molecule has 0 unspecified atom stereocenters. The van der Waals surface area contributed by atoms with E-state index in [2.05, 4.69) is 37.4 Å². The second-order valence-electron chi connectivity index (χ2n) is 10.1. The van der Waals surface area contributed by atoms with Crippen LogP contribution in [0, 0.1) is 34.5 Å². The molecule has 5 rings (SSSR count). The van der Waals surface area contributed by atoms with Gasteiger partial charge in [-0.1, -0.05) is 20.3 Å². The summed E-state index contributed by atoms with van der Waals surface area (Å²) in [7, 11) is 0. The second-order valence-corrected chi connectivity index (χ2v) is 13.3. The second kappa shape index (κ2) is 5.35. The average molecular weight is 351 g/mol. The van der Waals surface area contributed by atoms with Gasteiger partial charge in [0.25, 0.3) is 0 Å². The van der Waals surface area contributed by atoms with Gasteiger partial charge < -0.3 is 0 Å². The molecule has 5 fully saturated rings. The fourth-order valence-corrected chi connectivity index (χ4v) is 11.3. The van der Waals surface area contributed by atoms with Crippen LogP contribution in [-0.2, 0) is 0 Å². The van der Waals surface area contributed by atoms with Crippen LogP contribution in [0.3, 0.4) is 0 Å². The first kappa shape index (κ1) is 15.9. The van der Waals surface area contributed by atoms with Crippen LogP contribution in [0.5, 0.6) is 0 Å². The van der Waals surface area contributed by atoms with Crippen molar-refractivity contribution < 1.29 is 0 Å². The summed E-state index contributed by atoms with van der Waals surface area (Å²) in [4.78, 5) is 0. The van der Waals surface area contributed by atoms with Crippen LogP contribution in [0.25, 0.3) is 0 Å². The molecular formula is C21H34S2. The summed E-state index contributed by atoms with van der Waals surface area (Å²) in [6.07, 6.45) is 15.5. The van der Waals surface area contributed by atoms with Crippen LogP contribution in [0.4, 0.5) is 0 Å². The maximum Gasteiger partial charge on any atom is 0.0614 e. The molecule has 1 heterocycles. The standard InChI is InChI=1S/C21H34S2/c1-19-8-3-4-17(19)16-6-5-15-14-21(22-12-13-23-21)11-10-20(15,2)18(16)7-9-19/h15-18H,3-14H2,1-2H3/t15-,16-,17-,18-,19-,20-/m0/s1. The van der Waals surface area contributed by atoms with Crippen molar-refractivity contribution in [1.29, 1.82) is 0 Å². The van der Waals surface area contributed by atoms with Crippen LogP contribution < -0.4 is 0 Å². The van der Waals surface area contributed by atoms with Crippen LogP contribution in [0.2, 0.25) is 0 Å². The van der Waals surface area contributed by atoms with E-state index in [1.165, 1.54) is 30.8 Å². The molecule has 1 saturated heterocycles. The summed E-state index contributed by atoms with van der Waals surface area (Å²) < 4.78 is 0.646. The summed E-state index contributed by atoms with van der Waals surface area (Å²) in [6.45, 7) is 5.39. The summed E-state index contributed by atoms with van der Waals surface area (Å²) in [6, 6.07) is 0. The van der Waals surface area contributed by atoms with E-state index in [1.54, 1.807) is 44.9 Å². The Kier molecular flexibility index (Phi) is 3.70. The van der Waals surface area contributed by atoms with Gasteiger partial charge in [-0.15, -0.1) is 23.5 Å². The molecule has 0 N–H and O–H groups in total. The van der Waals surface area contributed by atoms with Gasteiger partial charge in [0, 0.05) is 11.5 Å². The Hall–Kier alpha value is 0.700. The summed E-state index contributed by atoms with van der Waals surface area (Å²) in [5, 5.41) is 0. The number of thioether (sulfide) groups is 2. The molecule has 1 aliphatic heterocycles. The lowest BCUT2D eigenvalue weighted by Gasteiger charge is -2.61. The zero-order valence-corrected chi connectivity index (χ0v) is 16.7. The van der Waals surface area contributed by atoms with E-state index in [4.69, 9.17) is 0 Å². The minimum absolute atomic E-state index is 0.646. The van der Waals surface area contributed by atoms with Crippen molar-refractivity contribution in [3.05, 3.63) is 0 Å². The first-order valence-corrected chi connectivity index (χ1v) is 12.3. The first-order valence-electron chi connectivity index (χ1n) is 10.3. The molecule has 23 heavy (non-hydrogen) atoms. The summed E-state index contributed by atoms with van der Waals surface area (Å²) in [5.74, 6) is 7.13. The lowest BCUT2D eigenvalue weighted by molar-refractivity contribution is -0.103. The van der Waals surface area contributed by atoms with Gasteiger partial charge in [0.1, 0.15) is 0 Å². The monoisotopic (exact) mass is 350 g/mol. The van der Waals surface area contributed by atoms with E-state index in [0.29, 0.717) is 9.49 Å². The average Bonchev–Trinajstić information content (AvgIpc) is 3.15. The SMILES string of the molecule is C[C@@]12CCC[C@H]1[C@@H]1CC[C@H]3CC4(CC[C@]3(C)[C@H]1CC2)SCCS4. The molecule has 0 aromatic rings. The minimum Gasteiger partial charge on any atom is -0.143 e. The Bertz CT molecular complexity index is 482. The predicted octanol–water partition coefficient (Wildman–Crippen LogP) is 6.60. The maximum atomic E-state index is 2.74. The van der Waals surface area contributed by atoms with Crippen molar-refractivity contribution in [2.75, 3.05) is 11.5 Å². The van der Waals surface area contributed by atoms with Gasteiger partial charge in [-0.25, -0.2) is 0 Å². The highest BCUT2D eigenvalue weighted by molar-refractivity contribution is 8.21. The Morgan fingerprint density at radius 2 is 1.61 bits per heavy atom. The van der Waals surface area contributed by atoms with Gasteiger partial charge in [0.15, 0.2) is 0 Å². The van der Waals surface area contributed by atoms with Crippen LogP contribution in [-0.4, -0.2) is 15.6 Å². The molecule has 5 aliphatic rings. The molecule has 1 spiro atoms. The molecule has 0 bridgehead atoms. The quantitative estimate of drug-likeness (QED) is 0.483. The summed E-state index contributed by atoms with van der Waals surface area (Å²) in [5.41, 5.74) is 1.43. The third-order valence-electron chi connectivity index (χ3n) is 9.26. The van der Waals surface area contributed by atoms with Crippen molar-refractivity contribution in [1.82, 2.24) is 0 Å². The van der Waals surface area contributed by atoms with Gasteiger partial charge in [-0.05, 0) is 92.3 Å². The number of hydrogen-bond acceptors (Lipinski definition) is 2. The lowest BCUT2D eigenvalue weighted by atomic mass is 9.45. The van der Waals surface area contributed by atoms with Crippen molar-refractivity contribution in [2.24, 2.45) is 34.5 Å². The van der Waals surface area contributed by atoms with E-state index < -0.39 is 0 Å². The third-order valence-corrected chi connectivity index (χ3v) is 12.8. The molecule has 0 nitrogen and oxygen atoms in total. The highest BCUT2D eigenvalue weighted by atomic mass is 32.2. The van der Waals surface area contributed by atoms with Gasteiger partial charge in [0.05, 0.1) is 4.08 Å². The topological polar surface area (TPSA) is 0 Å². The largest absolute Gasteiger partial charge is 0.143 e. The van der Waals surface area contributed by atoms with E-state index >= 15 is 0 Å². The van der Waals surface area contributed by atoms with E-state index in [0.717, 1.165) is 29.1 Å². The third kappa shape index (κ3) is 2.25. The van der Waals surface area contributed by atoms with Crippen molar-refractivity contribution >= 4 is 23.5 Å². The number of fused-ring (bicyclic) bond motifs is 5. The van der Waals surface area contributed by atoms with Crippen molar-refractivity contribution in [3.8, 4) is 0 Å². The molecule has 0 radical (unpaired) electrons. The number of rotatable bonds is 0. The van der Waals surface area contributed by atoms with Gasteiger partial charge in [0.2, 0.25) is 0 Å². The zero-order chi connectivity index (χ0) is 15.7. The van der Waals surface area contributed by atoms with E-state index in [-0.39, 0.29) is 0 Å². The Morgan fingerprint density at radius 3 is 2.43 bits per heavy atom. The van der Waals surface area contributed by atoms with E-state index in [9.17, 15) is 0 Å². The highest BCUT2D eigenvalue weighted by Gasteiger charge is 2.59. The van der Waals surface area contributed by atoms with Gasteiger partial charge in [-0.2, -0.15) is 0 Å². The minimum atomic E-state index is 0.646. The van der Waals surface area contributed by atoms with E-state index in [1.807, 2.05) is 0 Å². The molecule has 2 heteroatoms. The predicted molar refractivity (Wildman–Crippen MR) is 104 cm³/mol. The van der Waals surface area contributed by atoms with Crippen LogP contribution in [0.1, 0.15) is 78.1 Å². The molecule has 0 aromatic heterocycles. The highest BCUT2D eigenvalue weighted by Crippen LogP contribution is 2.69. The number of hydrogen-bond donors (Lipinski definition) is 0. The molecule has 4 aliphatic carbocycles. The van der Waals surface area contributed by atoms with Gasteiger partial charge in [-0.3, -0.25) is 0 Å². The normalized spacial score (nSPS) is 54.5. The lowest BCUT2D eigenvalue weighted by Crippen LogP contribution is -2.54. The Morgan fingerprint density at radius 1 is 0.783 bits per heavy atom. The van der Waals surface area contributed by atoms with Crippen molar-refractivity contribution in [2.45, 2.75) is 82.1 Å². The molecule has 0 amide bonds. The molecule has 4 saturated carbocycles. The van der Waals surface area contributed by atoms with Gasteiger partial charge >= 0.3 is 0 Å². The molecule has 0 aromatic carbocycles. The van der Waals surface area contributed by atoms with Crippen LogP contribution >= 0.6 is 23.5 Å².